The maximum Gasteiger partial charge on any atom is 0.253 e. The zero-order chi connectivity index (χ0) is 14.2. The number of benzene rings is 1. The fraction of sp³-hybridized carbons (Fsp3) is 0.500. The van der Waals surface area contributed by atoms with Crippen LogP contribution < -0.4 is 5.73 Å². The minimum atomic E-state index is -0.0241. The first-order valence-corrected chi connectivity index (χ1v) is 7.19. The number of anilines is 1. The molecule has 0 aromatic heterocycles. The van der Waals surface area contributed by atoms with Crippen LogP contribution in [-0.2, 0) is 0 Å². The van der Waals surface area contributed by atoms with Crippen molar-refractivity contribution >= 4 is 34.8 Å². The van der Waals surface area contributed by atoms with Crippen molar-refractivity contribution in [2.75, 3.05) is 18.8 Å². The van der Waals surface area contributed by atoms with E-state index >= 15 is 0 Å². The van der Waals surface area contributed by atoms with Gasteiger partial charge in [0.25, 0.3) is 5.91 Å². The Kier molecular flexibility index (Phi) is 4.26. The van der Waals surface area contributed by atoms with Crippen molar-refractivity contribution in [2.45, 2.75) is 20.3 Å². The molecule has 5 heteroatoms. The summed E-state index contributed by atoms with van der Waals surface area (Å²) in [4.78, 5) is 14.3. The van der Waals surface area contributed by atoms with Crippen molar-refractivity contribution in [3.63, 3.8) is 0 Å². The molecule has 104 valence electrons. The highest BCUT2D eigenvalue weighted by Crippen LogP contribution is 2.31. The third-order valence-corrected chi connectivity index (χ3v) is 4.74. The highest BCUT2D eigenvalue weighted by Gasteiger charge is 2.27. The predicted octanol–water partition coefficient (Wildman–Crippen LogP) is 3.69. The second kappa shape index (κ2) is 5.59. The fourth-order valence-electron chi connectivity index (χ4n) is 2.36. The zero-order valence-corrected chi connectivity index (χ0v) is 12.6. The third-order valence-electron chi connectivity index (χ3n) is 3.92. The van der Waals surface area contributed by atoms with Gasteiger partial charge in [0.05, 0.1) is 15.7 Å². The van der Waals surface area contributed by atoms with Gasteiger partial charge in [-0.3, -0.25) is 4.79 Å². The molecule has 1 amide bonds. The standard InChI is InChI=1S/C14H18Cl2N2O/c1-8-3-4-18(7-9(8)2)14(19)10-5-11(15)13(16)12(17)6-10/h5-6,8-9H,3-4,7,17H2,1-2H3. The van der Waals surface area contributed by atoms with Crippen molar-refractivity contribution in [3.05, 3.63) is 27.7 Å². The molecule has 1 heterocycles. The van der Waals surface area contributed by atoms with E-state index in [0.717, 1.165) is 19.5 Å². The number of carbonyl (C=O) groups excluding carboxylic acids is 1. The lowest BCUT2D eigenvalue weighted by molar-refractivity contribution is 0.0627. The second-order valence-corrected chi connectivity index (χ2v) is 6.14. The van der Waals surface area contributed by atoms with E-state index in [1.54, 1.807) is 12.1 Å². The molecule has 0 saturated carbocycles. The summed E-state index contributed by atoms with van der Waals surface area (Å²) in [6.45, 7) is 5.96. The Morgan fingerprint density at radius 1 is 1.32 bits per heavy atom. The summed E-state index contributed by atoms with van der Waals surface area (Å²) in [6.07, 6.45) is 1.03. The molecule has 1 fully saturated rings. The highest BCUT2D eigenvalue weighted by atomic mass is 35.5. The van der Waals surface area contributed by atoms with Gasteiger partial charge >= 0.3 is 0 Å². The average Bonchev–Trinajstić information content (AvgIpc) is 2.37. The van der Waals surface area contributed by atoms with Crippen LogP contribution in [-0.4, -0.2) is 23.9 Å². The monoisotopic (exact) mass is 300 g/mol. The number of carbonyl (C=O) groups is 1. The van der Waals surface area contributed by atoms with E-state index in [9.17, 15) is 4.79 Å². The van der Waals surface area contributed by atoms with Crippen LogP contribution in [0.5, 0.6) is 0 Å². The largest absolute Gasteiger partial charge is 0.397 e. The lowest BCUT2D eigenvalue weighted by Crippen LogP contribution is -2.42. The number of rotatable bonds is 1. The van der Waals surface area contributed by atoms with E-state index < -0.39 is 0 Å². The van der Waals surface area contributed by atoms with Crippen LogP contribution in [0, 0.1) is 11.8 Å². The van der Waals surface area contributed by atoms with E-state index in [0.29, 0.717) is 33.1 Å². The number of nitrogen functional groups attached to an aromatic ring is 1. The smallest absolute Gasteiger partial charge is 0.253 e. The molecule has 0 spiro atoms. The first-order valence-electron chi connectivity index (χ1n) is 6.44. The van der Waals surface area contributed by atoms with Gasteiger partial charge < -0.3 is 10.6 Å². The van der Waals surface area contributed by atoms with Gasteiger partial charge in [-0.25, -0.2) is 0 Å². The second-order valence-electron chi connectivity index (χ2n) is 5.36. The maximum absolute atomic E-state index is 12.4. The molecule has 1 aliphatic rings. The lowest BCUT2D eigenvalue weighted by atomic mass is 9.88. The molecule has 1 aromatic carbocycles. The minimum absolute atomic E-state index is 0.0241. The Morgan fingerprint density at radius 3 is 2.58 bits per heavy atom. The fourth-order valence-corrected chi connectivity index (χ4v) is 2.70. The lowest BCUT2D eigenvalue weighted by Gasteiger charge is -2.35. The Hall–Kier alpha value is -0.930. The van der Waals surface area contributed by atoms with Crippen LogP contribution in [0.3, 0.4) is 0 Å². The summed E-state index contributed by atoms with van der Waals surface area (Å²) in [5, 5.41) is 0.627. The van der Waals surface area contributed by atoms with Crippen LogP contribution in [0.15, 0.2) is 12.1 Å². The molecule has 2 N–H and O–H groups in total. The number of piperidine rings is 1. The first-order chi connectivity index (χ1) is 8.90. The van der Waals surface area contributed by atoms with E-state index in [4.69, 9.17) is 28.9 Å². The molecular weight excluding hydrogens is 283 g/mol. The van der Waals surface area contributed by atoms with E-state index in [-0.39, 0.29) is 5.91 Å². The van der Waals surface area contributed by atoms with Gasteiger partial charge in [0.2, 0.25) is 0 Å². The Labute approximate surface area is 123 Å². The van der Waals surface area contributed by atoms with Gasteiger partial charge in [-0.1, -0.05) is 37.0 Å². The first kappa shape index (κ1) is 14.5. The van der Waals surface area contributed by atoms with Gasteiger partial charge in [0.1, 0.15) is 0 Å². The summed E-state index contributed by atoms with van der Waals surface area (Å²) >= 11 is 11.9. The predicted molar refractivity (Wildman–Crippen MR) is 79.7 cm³/mol. The van der Waals surface area contributed by atoms with Crippen molar-refractivity contribution in [2.24, 2.45) is 11.8 Å². The van der Waals surface area contributed by atoms with Gasteiger partial charge in [-0.15, -0.1) is 0 Å². The molecule has 1 saturated heterocycles. The summed E-state index contributed by atoms with van der Waals surface area (Å²) in [6, 6.07) is 3.19. The van der Waals surface area contributed by atoms with E-state index in [1.165, 1.54) is 0 Å². The Morgan fingerprint density at radius 2 is 2.00 bits per heavy atom. The zero-order valence-electron chi connectivity index (χ0n) is 11.1. The maximum atomic E-state index is 12.4. The highest BCUT2D eigenvalue weighted by molar-refractivity contribution is 6.43. The van der Waals surface area contributed by atoms with Crippen LogP contribution in [0.1, 0.15) is 30.6 Å². The Bertz CT molecular complexity index is 481. The summed E-state index contributed by atoms with van der Waals surface area (Å²) in [7, 11) is 0. The van der Waals surface area contributed by atoms with Gasteiger partial charge in [-0.05, 0) is 30.4 Å². The molecule has 2 unspecified atom stereocenters. The van der Waals surface area contributed by atoms with Crippen LogP contribution in [0.4, 0.5) is 5.69 Å². The third kappa shape index (κ3) is 2.98. The van der Waals surface area contributed by atoms with E-state index in [2.05, 4.69) is 13.8 Å². The molecule has 0 radical (unpaired) electrons. The topological polar surface area (TPSA) is 46.3 Å². The van der Waals surface area contributed by atoms with Crippen molar-refractivity contribution in [3.8, 4) is 0 Å². The van der Waals surface area contributed by atoms with Crippen LogP contribution in [0.25, 0.3) is 0 Å². The van der Waals surface area contributed by atoms with Gasteiger partial charge in [0, 0.05) is 18.7 Å². The molecule has 1 aliphatic heterocycles. The number of hydrogen-bond acceptors (Lipinski definition) is 2. The van der Waals surface area contributed by atoms with Gasteiger partial charge in [0.15, 0.2) is 0 Å². The molecule has 1 aromatic rings. The Balaban J connectivity index is 2.20. The molecule has 0 aliphatic carbocycles. The average molecular weight is 301 g/mol. The number of nitrogens with zero attached hydrogens (tertiary/aromatic N) is 1. The molecule has 2 atom stereocenters. The normalized spacial score (nSPS) is 23.5. The number of halogens is 2. The molecule has 19 heavy (non-hydrogen) atoms. The summed E-state index contributed by atoms with van der Waals surface area (Å²) in [5.74, 6) is 1.14. The molecule has 2 rings (SSSR count). The number of amides is 1. The molecule has 3 nitrogen and oxygen atoms in total. The quantitative estimate of drug-likeness (QED) is 0.804. The van der Waals surface area contributed by atoms with Crippen LogP contribution in [0.2, 0.25) is 10.0 Å². The minimum Gasteiger partial charge on any atom is -0.397 e. The van der Waals surface area contributed by atoms with Crippen molar-refractivity contribution in [1.29, 1.82) is 0 Å². The number of likely N-dealkylation sites (tertiary alicyclic amines) is 1. The van der Waals surface area contributed by atoms with Crippen LogP contribution >= 0.6 is 23.2 Å². The number of hydrogen-bond donors (Lipinski definition) is 1. The van der Waals surface area contributed by atoms with E-state index in [1.807, 2.05) is 4.90 Å². The van der Waals surface area contributed by atoms with Crippen molar-refractivity contribution < 1.29 is 4.79 Å². The summed E-state index contributed by atoms with van der Waals surface area (Å²) < 4.78 is 0. The molecular formula is C14H18Cl2N2O. The van der Waals surface area contributed by atoms with Gasteiger partial charge in [-0.2, -0.15) is 0 Å². The SMILES string of the molecule is CC1CCN(C(=O)c2cc(N)c(Cl)c(Cl)c2)CC1C. The van der Waals surface area contributed by atoms with Crippen molar-refractivity contribution in [1.82, 2.24) is 4.90 Å². The summed E-state index contributed by atoms with van der Waals surface area (Å²) in [5.41, 5.74) is 6.60. The molecule has 0 bridgehead atoms. The number of nitrogens with two attached hydrogens (primary N) is 1.